The zero-order chi connectivity index (χ0) is 20.4. The number of hydrogen-bond donors (Lipinski definition) is 0. The Hall–Kier alpha value is -3.55. The zero-order valence-corrected chi connectivity index (χ0v) is 17.1. The van der Waals surface area contributed by atoms with E-state index < -0.39 is 0 Å². The van der Waals surface area contributed by atoms with Gasteiger partial charge in [-0.2, -0.15) is 25.1 Å². The smallest absolute Gasteiger partial charge is 0.256 e. The Morgan fingerprint density at radius 3 is 1.66 bits per heavy atom. The highest BCUT2D eigenvalue weighted by molar-refractivity contribution is 5.61. The van der Waals surface area contributed by atoms with Crippen LogP contribution in [-0.4, -0.2) is 47.6 Å². The van der Waals surface area contributed by atoms with Gasteiger partial charge >= 0.3 is 0 Å². The highest BCUT2D eigenvalue weighted by Crippen LogP contribution is 2.22. The van der Waals surface area contributed by atoms with E-state index in [0.717, 1.165) is 30.0 Å². The van der Waals surface area contributed by atoms with Gasteiger partial charge in [-0.3, -0.25) is 0 Å². The molecule has 0 saturated heterocycles. The Morgan fingerprint density at radius 2 is 1.24 bits per heavy atom. The lowest BCUT2D eigenvalue weighted by molar-refractivity contribution is 0.726. The summed E-state index contributed by atoms with van der Waals surface area (Å²) in [5.74, 6) is 1.52. The van der Waals surface area contributed by atoms with Crippen LogP contribution in [-0.2, 0) is 0 Å². The van der Waals surface area contributed by atoms with Crippen LogP contribution >= 0.6 is 0 Å². The molecule has 0 aliphatic heterocycles. The average Bonchev–Trinajstić information content (AvgIpc) is 3.37. The molecule has 29 heavy (non-hydrogen) atoms. The van der Waals surface area contributed by atoms with Gasteiger partial charge in [-0.05, 0) is 64.1 Å². The zero-order valence-electron chi connectivity index (χ0n) is 17.1. The van der Waals surface area contributed by atoms with Crippen molar-refractivity contribution in [3.63, 3.8) is 0 Å². The predicted octanol–water partition coefficient (Wildman–Crippen LogP) is 3.37. The lowest BCUT2D eigenvalue weighted by Crippen LogP contribution is -2.21. The molecule has 0 radical (unpaired) electrons. The minimum atomic E-state index is 0.468. The molecule has 0 fully saturated rings. The molecule has 0 aliphatic carbocycles. The van der Waals surface area contributed by atoms with Crippen LogP contribution in [0.1, 0.15) is 25.2 Å². The molecule has 0 spiro atoms. The van der Waals surface area contributed by atoms with Gasteiger partial charge in [0.1, 0.15) is 0 Å². The van der Waals surface area contributed by atoms with E-state index >= 15 is 0 Å². The maximum absolute atomic E-state index is 4.68. The quantitative estimate of drug-likeness (QED) is 0.504. The van der Waals surface area contributed by atoms with Gasteiger partial charge in [-0.25, -0.2) is 9.36 Å². The van der Waals surface area contributed by atoms with Gasteiger partial charge < -0.3 is 4.90 Å². The van der Waals surface area contributed by atoms with Crippen molar-refractivity contribution in [2.45, 2.75) is 27.7 Å². The third-order valence-corrected chi connectivity index (χ3v) is 4.91. The predicted molar refractivity (Wildman–Crippen MR) is 113 cm³/mol. The molecule has 0 atom stereocenters. The summed E-state index contributed by atoms with van der Waals surface area (Å²) in [6, 6.07) is 12.1. The summed E-state index contributed by atoms with van der Waals surface area (Å²) >= 11 is 0. The molecule has 8 nitrogen and oxygen atoms in total. The largest absolute Gasteiger partial charge is 0.372 e. The molecule has 0 amide bonds. The monoisotopic (exact) mass is 388 g/mol. The summed E-state index contributed by atoms with van der Waals surface area (Å²) < 4.78 is 3.41. The molecule has 148 valence electrons. The Labute approximate surface area is 169 Å². The van der Waals surface area contributed by atoms with Gasteiger partial charge in [-0.15, -0.1) is 0 Å². The lowest BCUT2D eigenvalue weighted by atomic mass is 10.2. The van der Waals surface area contributed by atoms with E-state index in [4.69, 9.17) is 0 Å². The fraction of sp³-hybridized carbons (Fsp3) is 0.286. The van der Waals surface area contributed by atoms with E-state index in [0.29, 0.717) is 17.7 Å². The average molecular weight is 388 g/mol. The second kappa shape index (κ2) is 7.83. The standard InChI is InChI=1S/C21H24N8/c1-5-27(6-2)18-9-7-17(8-10-18)19-24-20(28-15(3)11-13-22-28)26-21(25-19)29-16(4)12-14-23-29/h7-14H,5-6H2,1-4H3. The fourth-order valence-corrected chi connectivity index (χ4v) is 3.24. The summed E-state index contributed by atoms with van der Waals surface area (Å²) in [6.45, 7) is 10.2. The van der Waals surface area contributed by atoms with Crippen molar-refractivity contribution in [1.29, 1.82) is 0 Å². The molecule has 1 aromatic carbocycles. The highest BCUT2D eigenvalue weighted by atomic mass is 15.4. The van der Waals surface area contributed by atoms with Crippen molar-refractivity contribution in [3.05, 3.63) is 60.2 Å². The van der Waals surface area contributed by atoms with Crippen molar-refractivity contribution < 1.29 is 0 Å². The Bertz CT molecular complexity index is 1050. The molecule has 0 unspecified atom stereocenters. The van der Waals surface area contributed by atoms with Crippen molar-refractivity contribution in [1.82, 2.24) is 34.5 Å². The number of anilines is 1. The third kappa shape index (κ3) is 3.61. The van der Waals surface area contributed by atoms with Crippen molar-refractivity contribution in [2.24, 2.45) is 0 Å². The van der Waals surface area contributed by atoms with E-state index in [-0.39, 0.29) is 0 Å². The van der Waals surface area contributed by atoms with Crippen LogP contribution in [0.25, 0.3) is 23.3 Å². The van der Waals surface area contributed by atoms with Crippen molar-refractivity contribution in [3.8, 4) is 23.3 Å². The number of aromatic nitrogens is 7. The van der Waals surface area contributed by atoms with Gasteiger partial charge in [0.05, 0.1) is 0 Å². The lowest BCUT2D eigenvalue weighted by Gasteiger charge is -2.21. The summed E-state index contributed by atoms with van der Waals surface area (Å²) in [4.78, 5) is 16.3. The molecular weight excluding hydrogens is 364 g/mol. The van der Waals surface area contributed by atoms with E-state index in [1.54, 1.807) is 21.8 Å². The van der Waals surface area contributed by atoms with Crippen LogP contribution in [0.2, 0.25) is 0 Å². The summed E-state index contributed by atoms with van der Waals surface area (Å²) in [6.07, 6.45) is 3.47. The molecule has 4 aromatic rings. The number of aryl methyl sites for hydroxylation is 2. The molecule has 4 rings (SSSR count). The molecule has 8 heteroatoms. The van der Waals surface area contributed by atoms with E-state index in [1.165, 1.54) is 5.69 Å². The second-order valence-corrected chi connectivity index (χ2v) is 6.75. The first-order valence-corrected chi connectivity index (χ1v) is 9.74. The highest BCUT2D eigenvalue weighted by Gasteiger charge is 2.15. The summed E-state index contributed by atoms with van der Waals surface area (Å²) in [5.41, 5.74) is 3.99. The van der Waals surface area contributed by atoms with Crippen molar-refractivity contribution in [2.75, 3.05) is 18.0 Å². The minimum Gasteiger partial charge on any atom is -0.372 e. The van der Waals surface area contributed by atoms with Crippen LogP contribution in [0.15, 0.2) is 48.8 Å². The number of benzene rings is 1. The Morgan fingerprint density at radius 1 is 0.724 bits per heavy atom. The molecule has 0 N–H and O–H groups in total. The van der Waals surface area contributed by atoms with Crippen LogP contribution in [0, 0.1) is 13.8 Å². The van der Waals surface area contributed by atoms with Gasteiger partial charge in [0.2, 0.25) is 0 Å². The number of hydrogen-bond acceptors (Lipinski definition) is 6. The van der Waals surface area contributed by atoms with Crippen LogP contribution in [0.4, 0.5) is 5.69 Å². The molecule has 0 saturated carbocycles. The van der Waals surface area contributed by atoms with Gasteiger partial charge in [0.15, 0.2) is 5.82 Å². The first-order valence-electron chi connectivity index (χ1n) is 9.74. The number of rotatable bonds is 6. The Balaban J connectivity index is 1.82. The van der Waals surface area contributed by atoms with E-state index in [9.17, 15) is 0 Å². The normalized spacial score (nSPS) is 11.0. The van der Waals surface area contributed by atoms with E-state index in [2.05, 4.69) is 56.0 Å². The summed E-state index contributed by atoms with van der Waals surface area (Å²) in [5, 5.41) is 8.71. The third-order valence-electron chi connectivity index (χ3n) is 4.91. The maximum atomic E-state index is 4.68. The van der Waals surface area contributed by atoms with Gasteiger partial charge in [-0.1, -0.05) is 0 Å². The molecule has 3 aromatic heterocycles. The van der Waals surface area contributed by atoms with E-state index in [1.807, 2.05) is 38.1 Å². The van der Waals surface area contributed by atoms with Crippen LogP contribution < -0.4 is 4.90 Å². The van der Waals surface area contributed by atoms with Crippen molar-refractivity contribution >= 4 is 5.69 Å². The first kappa shape index (κ1) is 18.8. The van der Waals surface area contributed by atoms with Gasteiger partial charge in [0.25, 0.3) is 11.9 Å². The van der Waals surface area contributed by atoms with Crippen LogP contribution in [0.3, 0.4) is 0 Å². The summed E-state index contributed by atoms with van der Waals surface area (Å²) in [7, 11) is 0. The second-order valence-electron chi connectivity index (χ2n) is 6.75. The van der Waals surface area contributed by atoms with Crippen LogP contribution in [0.5, 0.6) is 0 Å². The SMILES string of the molecule is CCN(CC)c1ccc(-c2nc(-n3nccc3C)nc(-n3nccc3C)n2)cc1. The molecular formula is C21H24N8. The number of nitrogens with zero attached hydrogens (tertiary/aromatic N) is 8. The topological polar surface area (TPSA) is 77.5 Å². The minimum absolute atomic E-state index is 0.468. The van der Waals surface area contributed by atoms with Gasteiger partial charge in [0, 0.05) is 48.1 Å². The molecule has 0 aliphatic rings. The maximum Gasteiger partial charge on any atom is 0.256 e. The fourth-order valence-electron chi connectivity index (χ4n) is 3.24. The first-order chi connectivity index (χ1) is 14.1. The Kier molecular flexibility index (Phi) is 5.07. The molecule has 3 heterocycles. The molecule has 0 bridgehead atoms.